The van der Waals surface area contributed by atoms with Gasteiger partial charge in [0.1, 0.15) is 5.82 Å². The van der Waals surface area contributed by atoms with Gasteiger partial charge in [0.2, 0.25) is 5.91 Å². The second-order valence-corrected chi connectivity index (χ2v) is 7.74. The van der Waals surface area contributed by atoms with E-state index in [1.807, 2.05) is 47.5 Å². The van der Waals surface area contributed by atoms with Crippen LogP contribution < -0.4 is 4.90 Å². The first-order chi connectivity index (χ1) is 14.3. The van der Waals surface area contributed by atoms with Gasteiger partial charge < -0.3 is 9.80 Å². The number of anilines is 1. The normalized spacial score (nSPS) is 16.7. The predicted molar refractivity (Wildman–Crippen MR) is 114 cm³/mol. The van der Waals surface area contributed by atoms with Crippen molar-refractivity contribution >= 4 is 11.7 Å². The molecule has 1 aromatic heterocycles. The van der Waals surface area contributed by atoms with E-state index in [1.165, 1.54) is 0 Å². The Labute approximate surface area is 171 Å². The summed E-state index contributed by atoms with van der Waals surface area (Å²) in [5.41, 5.74) is 3.90. The number of benzene rings is 2. The smallest absolute Gasteiger partial charge is 0.225 e. The lowest BCUT2D eigenvalue weighted by Gasteiger charge is -2.35. The van der Waals surface area contributed by atoms with Gasteiger partial charge in [0, 0.05) is 43.2 Å². The zero-order valence-electron chi connectivity index (χ0n) is 16.4. The number of piperazine rings is 1. The van der Waals surface area contributed by atoms with Crippen molar-refractivity contribution < 1.29 is 4.79 Å². The van der Waals surface area contributed by atoms with E-state index in [0.29, 0.717) is 5.91 Å². The van der Waals surface area contributed by atoms with E-state index in [1.54, 1.807) is 0 Å². The van der Waals surface area contributed by atoms with Crippen LogP contribution in [0.3, 0.4) is 0 Å². The van der Waals surface area contributed by atoms with Crippen LogP contribution in [0.2, 0.25) is 0 Å². The highest BCUT2D eigenvalue weighted by Crippen LogP contribution is 2.32. The number of nitrogens with zero attached hydrogens (tertiary/aromatic N) is 4. The molecule has 1 amide bonds. The molecule has 146 valence electrons. The van der Waals surface area contributed by atoms with E-state index in [0.717, 1.165) is 67.4 Å². The first-order valence-corrected chi connectivity index (χ1v) is 10.3. The van der Waals surface area contributed by atoms with Crippen LogP contribution in [0.15, 0.2) is 66.9 Å². The molecule has 2 aliphatic rings. The number of carbonyl (C=O) groups is 1. The third-order valence-electron chi connectivity index (χ3n) is 5.70. The average Bonchev–Trinajstić information content (AvgIpc) is 3.65. The fraction of sp³-hybridized carbons (Fsp3) is 0.292. The summed E-state index contributed by atoms with van der Waals surface area (Å²) < 4.78 is 0. The molecule has 5 heteroatoms. The standard InChI is InChI=1S/C24H24N4O/c29-24(20-11-12-20)28-15-13-27(14-16-28)21-17-25-22(18-7-3-1-4-8-18)23(26-21)19-9-5-2-6-10-19/h1-10,17,20H,11-16H2. The van der Waals surface area contributed by atoms with Crippen LogP contribution in [-0.4, -0.2) is 47.0 Å². The summed E-state index contributed by atoms with van der Waals surface area (Å²) in [5.74, 6) is 1.50. The van der Waals surface area contributed by atoms with Gasteiger partial charge in [-0.3, -0.25) is 9.78 Å². The van der Waals surface area contributed by atoms with Crippen molar-refractivity contribution in [3.05, 3.63) is 66.9 Å². The summed E-state index contributed by atoms with van der Waals surface area (Å²) in [6.07, 6.45) is 3.99. The van der Waals surface area contributed by atoms with Crippen LogP contribution in [0.5, 0.6) is 0 Å². The SMILES string of the molecule is O=C(C1CC1)N1CCN(c2cnc(-c3ccccc3)c(-c3ccccc3)n2)CC1. The maximum Gasteiger partial charge on any atom is 0.225 e. The summed E-state index contributed by atoms with van der Waals surface area (Å²) in [5, 5.41) is 0. The molecule has 3 aromatic rings. The molecule has 1 saturated heterocycles. The minimum atomic E-state index is 0.288. The van der Waals surface area contributed by atoms with Crippen LogP contribution in [0.25, 0.3) is 22.5 Å². The second kappa shape index (κ2) is 7.66. The third kappa shape index (κ3) is 3.73. The lowest BCUT2D eigenvalue weighted by molar-refractivity contribution is -0.132. The quantitative estimate of drug-likeness (QED) is 0.685. The number of hydrogen-bond donors (Lipinski definition) is 0. The van der Waals surface area contributed by atoms with Crippen LogP contribution in [0, 0.1) is 5.92 Å². The van der Waals surface area contributed by atoms with Gasteiger partial charge in [0.25, 0.3) is 0 Å². The van der Waals surface area contributed by atoms with Gasteiger partial charge in [-0.1, -0.05) is 60.7 Å². The monoisotopic (exact) mass is 384 g/mol. The van der Waals surface area contributed by atoms with Gasteiger partial charge in [-0.25, -0.2) is 4.98 Å². The highest BCUT2D eigenvalue weighted by Gasteiger charge is 2.34. The van der Waals surface area contributed by atoms with Crippen molar-refractivity contribution in [2.24, 2.45) is 5.92 Å². The van der Waals surface area contributed by atoms with E-state index in [4.69, 9.17) is 9.97 Å². The first-order valence-electron chi connectivity index (χ1n) is 10.3. The highest BCUT2D eigenvalue weighted by atomic mass is 16.2. The van der Waals surface area contributed by atoms with Crippen molar-refractivity contribution in [3.8, 4) is 22.5 Å². The van der Waals surface area contributed by atoms with Gasteiger partial charge in [0.15, 0.2) is 0 Å². The van der Waals surface area contributed by atoms with E-state index in [-0.39, 0.29) is 5.92 Å². The Bertz CT molecular complexity index is 994. The molecular weight excluding hydrogens is 360 g/mol. The zero-order chi connectivity index (χ0) is 19.6. The van der Waals surface area contributed by atoms with Gasteiger partial charge in [-0.15, -0.1) is 0 Å². The van der Waals surface area contributed by atoms with E-state index >= 15 is 0 Å². The van der Waals surface area contributed by atoms with Crippen molar-refractivity contribution in [1.29, 1.82) is 0 Å². The van der Waals surface area contributed by atoms with E-state index in [2.05, 4.69) is 29.2 Å². The van der Waals surface area contributed by atoms with Crippen LogP contribution in [0.1, 0.15) is 12.8 Å². The largest absolute Gasteiger partial charge is 0.352 e. The molecule has 0 N–H and O–H groups in total. The molecule has 0 spiro atoms. The van der Waals surface area contributed by atoms with Crippen molar-refractivity contribution in [1.82, 2.24) is 14.9 Å². The van der Waals surface area contributed by atoms with Crippen LogP contribution in [0.4, 0.5) is 5.82 Å². The summed E-state index contributed by atoms with van der Waals surface area (Å²) in [6, 6.07) is 20.4. The number of carbonyl (C=O) groups excluding carboxylic acids is 1. The van der Waals surface area contributed by atoms with Crippen molar-refractivity contribution in [2.75, 3.05) is 31.1 Å². The average molecular weight is 384 g/mol. The Kier molecular flexibility index (Phi) is 4.72. The van der Waals surface area contributed by atoms with Gasteiger partial charge in [-0.05, 0) is 12.8 Å². The first kappa shape index (κ1) is 17.9. The Morgan fingerprint density at radius 3 is 1.97 bits per heavy atom. The molecule has 0 bridgehead atoms. The van der Waals surface area contributed by atoms with E-state index in [9.17, 15) is 4.79 Å². The Morgan fingerprint density at radius 2 is 1.38 bits per heavy atom. The Morgan fingerprint density at radius 1 is 0.793 bits per heavy atom. The molecule has 29 heavy (non-hydrogen) atoms. The summed E-state index contributed by atoms with van der Waals surface area (Å²) >= 11 is 0. The summed E-state index contributed by atoms with van der Waals surface area (Å²) in [4.78, 5) is 26.4. The van der Waals surface area contributed by atoms with E-state index < -0.39 is 0 Å². The molecule has 1 aliphatic heterocycles. The number of rotatable bonds is 4. The second-order valence-electron chi connectivity index (χ2n) is 7.74. The minimum Gasteiger partial charge on any atom is -0.352 e. The fourth-order valence-electron chi connectivity index (χ4n) is 3.88. The van der Waals surface area contributed by atoms with Gasteiger partial charge in [0.05, 0.1) is 17.6 Å². The lowest BCUT2D eigenvalue weighted by Crippen LogP contribution is -2.49. The number of aromatic nitrogens is 2. The van der Waals surface area contributed by atoms with Gasteiger partial charge in [-0.2, -0.15) is 0 Å². The predicted octanol–water partition coefficient (Wildman–Crippen LogP) is 3.87. The molecule has 2 aromatic carbocycles. The topological polar surface area (TPSA) is 49.3 Å². The minimum absolute atomic E-state index is 0.288. The molecule has 5 nitrogen and oxygen atoms in total. The van der Waals surface area contributed by atoms with Crippen LogP contribution >= 0.6 is 0 Å². The molecule has 0 atom stereocenters. The number of amides is 1. The molecule has 2 heterocycles. The maximum absolute atomic E-state index is 12.3. The highest BCUT2D eigenvalue weighted by molar-refractivity contribution is 5.81. The molecule has 1 saturated carbocycles. The van der Waals surface area contributed by atoms with Crippen LogP contribution in [-0.2, 0) is 4.79 Å². The summed E-state index contributed by atoms with van der Waals surface area (Å²) in [7, 11) is 0. The molecule has 2 fully saturated rings. The zero-order valence-corrected chi connectivity index (χ0v) is 16.4. The molecule has 1 aliphatic carbocycles. The van der Waals surface area contributed by atoms with Crippen molar-refractivity contribution in [3.63, 3.8) is 0 Å². The third-order valence-corrected chi connectivity index (χ3v) is 5.70. The molecule has 0 unspecified atom stereocenters. The molecular formula is C24H24N4O. The van der Waals surface area contributed by atoms with Crippen molar-refractivity contribution in [2.45, 2.75) is 12.8 Å². The number of hydrogen-bond acceptors (Lipinski definition) is 4. The molecule has 5 rings (SSSR count). The summed E-state index contributed by atoms with van der Waals surface area (Å²) in [6.45, 7) is 3.12. The van der Waals surface area contributed by atoms with Gasteiger partial charge >= 0.3 is 0 Å². The maximum atomic E-state index is 12.3. The molecule has 0 radical (unpaired) electrons. The fourth-order valence-corrected chi connectivity index (χ4v) is 3.88. The Balaban J connectivity index is 1.44. The lowest BCUT2D eigenvalue weighted by atomic mass is 10.0. The Hall–Kier alpha value is -3.21.